The summed E-state index contributed by atoms with van der Waals surface area (Å²) >= 11 is 11.3. The number of benzene rings is 2. The molecule has 0 heterocycles. The highest BCUT2D eigenvalue weighted by Gasteiger charge is 2.09. The first kappa shape index (κ1) is 22.3. The summed E-state index contributed by atoms with van der Waals surface area (Å²) in [5, 5.41) is 17.5. The van der Waals surface area contributed by atoms with Crippen LogP contribution in [0, 0.1) is 5.82 Å². The molecular weight excluding hydrogens is 424 g/mol. The lowest BCUT2D eigenvalue weighted by atomic mass is 10.3. The number of carbonyl (C=O) groups excluding carboxylic acids is 2. The summed E-state index contributed by atoms with van der Waals surface area (Å²) in [4.78, 5) is 23.6. The molecule has 4 N–H and O–H groups in total. The standard InChI is InChI=1S/C19H18Cl2FN3O4/c1-11(24-18(27)10-29-13-3-4-14(21)15(22)9-13)6-7-23-19(28)25-16-5-2-12(20)8-17(16)26/h2-5,8-9,26H,1,6-7,10H2,(H,24,27)(H2,23,25,28). The van der Waals surface area contributed by atoms with Crippen molar-refractivity contribution in [3.8, 4) is 11.5 Å². The first-order valence-corrected chi connectivity index (χ1v) is 9.09. The lowest BCUT2D eigenvalue weighted by molar-refractivity contribution is -0.122. The third-order valence-corrected chi connectivity index (χ3v) is 4.04. The van der Waals surface area contributed by atoms with Gasteiger partial charge in [-0.3, -0.25) is 4.79 Å². The normalized spacial score (nSPS) is 10.2. The maximum absolute atomic E-state index is 13.3. The molecule has 0 aromatic heterocycles. The number of aromatic hydroxyl groups is 1. The van der Waals surface area contributed by atoms with E-state index < -0.39 is 17.8 Å². The zero-order chi connectivity index (χ0) is 21.4. The molecule has 0 aliphatic carbocycles. The van der Waals surface area contributed by atoms with Gasteiger partial charge in [0.25, 0.3) is 5.91 Å². The van der Waals surface area contributed by atoms with Crippen LogP contribution in [0.15, 0.2) is 48.7 Å². The van der Waals surface area contributed by atoms with Crippen molar-refractivity contribution in [2.24, 2.45) is 0 Å². The summed E-state index contributed by atoms with van der Waals surface area (Å²) in [5.41, 5.74) is 0.561. The van der Waals surface area contributed by atoms with Crippen LogP contribution in [0.5, 0.6) is 11.5 Å². The largest absolute Gasteiger partial charge is 0.506 e. The molecule has 7 nitrogen and oxygen atoms in total. The molecule has 0 radical (unpaired) electrons. The minimum absolute atomic E-state index is 0.0435. The third-order valence-electron chi connectivity index (χ3n) is 3.50. The molecule has 2 aromatic rings. The van der Waals surface area contributed by atoms with E-state index in [-0.39, 0.29) is 41.8 Å². The van der Waals surface area contributed by atoms with Crippen molar-refractivity contribution < 1.29 is 23.8 Å². The van der Waals surface area contributed by atoms with E-state index in [2.05, 4.69) is 22.5 Å². The first-order valence-electron chi connectivity index (χ1n) is 8.33. The molecular formula is C19H18Cl2FN3O4. The van der Waals surface area contributed by atoms with E-state index in [0.717, 1.165) is 6.07 Å². The van der Waals surface area contributed by atoms with Gasteiger partial charge in [0.2, 0.25) is 0 Å². The second-order valence-corrected chi connectivity index (χ2v) is 6.65. The van der Waals surface area contributed by atoms with Gasteiger partial charge in [0, 0.05) is 35.8 Å². The SMILES string of the molecule is C=C(CCNC(=O)Nc1ccc(Cl)cc1O)NC(=O)COc1ccc(Cl)c(F)c1. The Hall–Kier alpha value is -2.97. The maximum atomic E-state index is 13.3. The van der Waals surface area contributed by atoms with Crippen LogP contribution >= 0.6 is 23.2 Å². The van der Waals surface area contributed by atoms with Crippen molar-refractivity contribution in [3.05, 3.63) is 64.5 Å². The van der Waals surface area contributed by atoms with Crippen LogP contribution in [0.1, 0.15) is 6.42 Å². The number of ether oxygens (including phenoxy) is 1. The van der Waals surface area contributed by atoms with Gasteiger partial charge in [-0.05, 0) is 24.3 Å². The lowest BCUT2D eigenvalue weighted by Gasteiger charge is -2.12. The zero-order valence-electron chi connectivity index (χ0n) is 15.1. The van der Waals surface area contributed by atoms with Gasteiger partial charge >= 0.3 is 6.03 Å². The Morgan fingerprint density at radius 3 is 2.62 bits per heavy atom. The van der Waals surface area contributed by atoms with Gasteiger partial charge in [-0.25, -0.2) is 9.18 Å². The minimum atomic E-state index is -0.648. The zero-order valence-corrected chi connectivity index (χ0v) is 16.6. The number of amides is 3. The monoisotopic (exact) mass is 441 g/mol. The van der Waals surface area contributed by atoms with Crippen molar-refractivity contribution in [2.75, 3.05) is 18.5 Å². The van der Waals surface area contributed by atoms with E-state index in [9.17, 15) is 19.1 Å². The number of nitrogens with one attached hydrogen (secondary N) is 3. The fourth-order valence-electron chi connectivity index (χ4n) is 2.12. The topological polar surface area (TPSA) is 99.7 Å². The third kappa shape index (κ3) is 7.52. The summed E-state index contributed by atoms with van der Waals surface area (Å²) in [7, 11) is 0. The lowest BCUT2D eigenvalue weighted by Crippen LogP contribution is -2.32. The van der Waals surface area contributed by atoms with Gasteiger partial charge in [-0.2, -0.15) is 0 Å². The van der Waals surface area contributed by atoms with Crippen molar-refractivity contribution in [2.45, 2.75) is 6.42 Å². The Morgan fingerprint density at radius 1 is 1.17 bits per heavy atom. The van der Waals surface area contributed by atoms with E-state index in [1.54, 1.807) is 0 Å². The van der Waals surface area contributed by atoms with E-state index in [0.29, 0.717) is 10.7 Å². The van der Waals surface area contributed by atoms with E-state index in [4.69, 9.17) is 27.9 Å². The molecule has 3 amide bonds. The Balaban J connectivity index is 1.67. The second kappa shape index (κ2) is 10.5. The molecule has 0 spiro atoms. The Kier molecular flexibility index (Phi) is 8.11. The van der Waals surface area contributed by atoms with Crippen LogP contribution in [-0.2, 0) is 4.79 Å². The predicted octanol–water partition coefficient (Wildman–Crippen LogP) is 4.06. The molecule has 0 saturated carbocycles. The summed E-state index contributed by atoms with van der Waals surface area (Å²) < 4.78 is 18.5. The molecule has 0 unspecified atom stereocenters. The number of rotatable bonds is 8. The highest BCUT2D eigenvalue weighted by Crippen LogP contribution is 2.26. The minimum Gasteiger partial charge on any atom is -0.506 e. The smallest absolute Gasteiger partial charge is 0.319 e. The van der Waals surface area contributed by atoms with Crippen LogP contribution in [0.4, 0.5) is 14.9 Å². The first-order chi connectivity index (χ1) is 13.7. The molecule has 0 bridgehead atoms. The Morgan fingerprint density at radius 2 is 1.93 bits per heavy atom. The maximum Gasteiger partial charge on any atom is 0.319 e. The number of halogens is 3. The average molecular weight is 442 g/mol. The summed E-state index contributed by atoms with van der Waals surface area (Å²) in [6.45, 7) is 3.53. The molecule has 0 fully saturated rings. The summed E-state index contributed by atoms with van der Waals surface area (Å²) in [5.74, 6) is -1.13. The average Bonchev–Trinajstić information content (AvgIpc) is 2.65. The molecule has 10 heteroatoms. The molecule has 29 heavy (non-hydrogen) atoms. The molecule has 0 aliphatic rings. The van der Waals surface area contributed by atoms with Crippen molar-refractivity contribution in [3.63, 3.8) is 0 Å². The van der Waals surface area contributed by atoms with E-state index >= 15 is 0 Å². The van der Waals surface area contributed by atoms with Gasteiger partial charge in [-0.15, -0.1) is 0 Å². The number of phenolic OH excluding ortho intramolecular Hbond substituents is 1. The number of hydrogen-bond acceptors (Lipinski definition) is 4. The molecule has 0 saturated heterocycles. The predicted molar refractivity (Wildman–Crippen MR) is 109 cm³/mol. The van der Waals surface area contributed by atoms with E-state index in [1.807, 2.05) is 0 Å². The molecule has 2 aromatic carbocycles. The van der Waals surface area contributed by atoms with E-state index in [1.165, 1.54) is 30.3 Å². The van der Waals surface area contributed by atoms with Crippen LogP contribution in [0.2, 0.25) is 10.0 Å². The van der Waals surface area contributed by atoms with Gasteiger partial charge < -0.3 is 25.8 Å². The van der Waals surface area contributed by atoms with Gasteiger partial charge in [-0.1, -0.05) is 29.8 Å². The van der Waals surface area contributed by atoms with Crippen LogP contribution in [-0.4, -0.2) is 30.2 Å². The highest BCUT2D eigenvalue weighted by atomic mass is 35.5. The highest BCUT2D eigenvalue weighted by molar-refractivity contribution is 6.31. The van der Waals surface area contributed by atoms with Gasteiger partial charge in [0.15, 0.2) is 6.61 Å². The van der Waals surface area contributed by atoms with Gasteiger partial charge in [0.05, 0.1) is 10.7 Å². The summed E-state index contributed by atoms with van der Waals surface area (Å²) in [6.07, 6.45) is 0.265. The van der Waals surface area contributed by atoms with Crippen LogP contribution in [0.3, 0.4) is 0 Å². The van der Waals surface area contributed by atoms with Crippen molar-refractivity contribution >= 4 is 40.8 Å². The number of anilines is 1. The quantitative estimate of drug-likeness (QED) is 0.464. The molecule has 154 valence electrons. The molecule has 2 rings (SSSR count). The Labute approximate surface area is 176 Å². The fraction of sp³-hybridized carbons (Fsp3) is 0.158. The number of phenols is 1. The fourth-order valence-corrected chi connectivity index (χ4v) is 2.40. The van der Waals surface area contributed by atoms with Gasteiger partial charge in [0.1, 0.15) is 17.3 Å². The summed E-state index contributed by atoms with van der Waals surface area (Å²) in [6, 6.07) is 7.57. The van der Waals surface area contributed by atoms with Crippen LogP contribution < -0.4 is 20.7 Å². The van der Waals surface area contributed by atoms with Crippen LogP contribution in [0.25, 0.3) is 0 Å². The molecule has 0 aliphatic heterocycles. The number of hydrogen-bond donors (Lipinski definition) is 4. The number of carbonyl (C=O) groups is 2. The van der Waals surface area contributed by atoms with Crippen molar-refractivity contribution in [1.29, 1.82) is 0 Å². The molecule has 0 atom stereocenters. The second-order valence-electron chi connectivity index (χ2n) is 5.81. The number of urea groups is 1. The van der Waals surface area contributed by atoms with Crippen molar-refractivity contribution in [1.82, 2.24) is 10.6 Å². The Bertz CT molecular complexity index is 924.